The fourth-order valence-electron chi connectivity index (χ4n) is 3.71. The van der Waals surface area contributed by atoms with Crippen LogP contribution >= 0.6 is 0 Å². The van der Waals surface area contributed by atoms with Crippen molar-refractivity contribution in [3.8, 4) is 0 Å². The van der Waals surface area contributed by atoms with Crippen LogP contribution in [0.25, 0.3) is 0 Å². The van der Waals surface area contributed by atoms with Gasteiger partial charge < -0.3 is 10.1 Å². The van der Waals surface area contributed by atoms with Crippen LogP contribution in [-0.4, -0.2) is 41.2 Å². The molecule has 154 valence electrons. The van der Waals surface area contributed by atoms with Crippen LogP contribution in [-0.2, 0) is 23.9 Å². The molecule has 1 aromatic rings. The maximum atomic E-state index is 12.4. The van der Waals surface area contributed by atoms with Crippen molar-refractivity contribution < 1.29 is 23.9 Å². The zero-order valence-corrected chi connectivity index (χ0v) is 16.9. The lowest BCUT2D eigenvalue weighted by Gasteiger charge is -2.17. The second-order valence-corrected chi connectivity index (χ2v) is 7.67. The van der Waals surface area contributed by atoms with Crippen LogP contribution in [0.15, 0.2) is 30.4 Å². The van der Waals surface area contributed by atoms with Gasteiger partial charge in [-0.15, -0.1) is 0 Å². The third-order valence-electron chi connectivity index (χ3n) is 5.47. The number of anilines is 1. The van der Waals surface area contributed by atoms with Gasteiger partial charge in [0.15, 0.2) is 6.10 Å². The van der Waals surface area contributed by atoms with Crippen LogP contribution < -0.4 is 5.32 Å². The summed E-state index contributed by atoms with van der Waals surface area (Å²) in [6.45, 7) is 5.27. The molecule has 2 aliphatic rings. The molecule has 7 nitrogen and oxygen atoms in total. The van der Waals surface area contributed by atoms with Gasteiger partial charge in [0.1, 0.15) is 0 Å². The number of imide groups is 1. The molecule has 0 unspecified atom stereocenters. The lowest BCUT2D eigenvalue weighted by molar-refractivity contribution is -0.154. The number of likely N-dealkylation sites (tertiary alicyclic amines) is 1. The van der Waals surface area contributed by atoms with E-state index in [1.165, 1.54) is 6.92 Å². The molecule has 0 bridgehead atoms. The van der Waals surface area contributed by atoms with Gasteiger partial charge in [0.2, 0.25) is 11.8 Å². The average Bonchev–Trinajstić information content (AvgIpc) is 2.93. The molecule has 1 N–H and O–H groups in total. The van der Waals surface area contributed by atoms with E-state index in [0.717, 1.165) is 16.0 Å². The Morgan fingerprint density at radius 1 is 1.14 bits per heavy atom. The third-order valence-corrected chi connectivity index (χ3v) is 5.47. The zero-order chi connectivity index (χ0) is 21.1. The maximum Gasteiger partial charge on any atom is 0.308 e. The van der Waals surface area contributed by atoms with Crippen molar-refractivity contribution in [1.29, 1.82) is 0 Å². The van der Waals surface area contributed by atoms with Crippen molar-refractivity contribution in [2.75, 3.05) is 11.9 Å². The Morgan fingerprint density at radius 3 is 2.38 bits per heavy atom. The molecule has 7 heteroatoms. The summed E-state index contributed by atoms with van der Waals surface area (Å²) >= 11 is 0. The van der Waals surface area contributed by atoms with Gasteiger partial charge in [0.05, 0.1) is 18.3 Å². The molecule has 1 heterocycles. The SMILES string of the molecule is Cc1ccc(C)c(NC(=O)[C@@H](C)OC(=O)CCN2C(=O)[C@H]3CC=CC[C@@H]3C2=O)c1. The van der Waals surface area contributed by atoms with E-state index >= 15 is 0 Å². The van der Waals surface area contributed by atoms with Gasteiger partial charge in [-0.1, -0.05) is 24.3 Å². The standard InChI is InChI=1S/C22H26N2O5/c1-13-8-9-14(2)18(12-13)23-20(26)15(3)29-19(25)10-11-24-21(27)16-6-4-5-7-17(16)22(24)28/h4-5,8-9,12,15-17H,6-7,10-11H2,1-3H3,(H,23,26)/t15-,16+,17+/m1/s1. The van der Waals surface area contributed by atoms with Crippen LogP contribution in [0.5, 0.6) is 0 Å². The molecule has 0 aromatic heterocycles. The molecule has 1 aromatic carbocycles. The highest BCUT2D eigenvalue weighted by molar-refractivity contribution is 6.05. The van der Waals surface area contributed by atoms with Gasteiger partial charge in [-0.2, -0.15) is 0 Å². The van der Waals surface area contributed by atoms with E-state index in [2.05, 4.69) is 5.32 Å². The summed E-state index contributed by atoms with van der Waals surface area (Å²) in [5, 5.41) is 2.76. The smallest absolute Gasteiger partial charge is 0.308 e. The summed E-state index contributed by atoms with van der Waals surface area (Å²) in [7, 11) is 0. The molecule has 1 fully saturated rings. The minimum absolute atomic E-state index is 0.0190. The summed E-state index contributed by atoms with van der Waals surface area (Å²) in [6, 6.07) is 5.70. The average molecular weight is 398 g/mol. The largest absolute Gasteiger partial charge is 0.452 e. The number of rotatable bonds is 6. The molecular formula is C22H26N2O5. The van der Waals surface area contributed by atoms with Crippen LogP contribution in [0.2, 0.25) is 0 Å². The molecule has 0 saturated carbocycles. The minimum atomic E-state index is -0.987. The van der Waals surface area contributed by atoms with E-state index in [1.807, 2.05) is 44.2 Å². The molecule has 3 atom stereocenters. The number of nitrogens with one attached hydrogen (secondary N) is 1. The molecule has 3 rings (SSSR count). The molecule has 3 amide bonds. The molecule has 0 spiro atoms. The number of amides is 3. The van der Waals surface area contributed by atoms with Gasteiger partial charge >= 0.3 is 5.97 Å². The number of allylic oxidation sites excluding steroid dienone is 2. The Bertz CT molecular complexity index is 850. The first kappa shape index (κ1) is 20.8. The monoisotopic (exact) mass is 398 g/mol. The number of nitrogens with zero attached hydrogens (tertiary/aromatic N) is 1. The molecule has 0 radical (unpaired) electrons. The van der Waals surface area contributed by atoms with Gasteiger partial charge in [-0.05, 0) is 50.8 Å². The Labute approximate surface area is 170 Å². The van der Waals surface area contributed by atoms with E-state index in [0.29, 0.717) is 18.5 Å². The summed E-state index contributed by atoms with van der Waals surface area (Å²) in [6.07, 6.45) is 3.84. The number of aryl methyl sites for hydroxylation is 2. The fourth-order valence-corrected chi connectivity index (χ4v) is 3.71. The Morgan fingerprint density at radius 2 is 1.76 bits per heavy atom. The van der Waals surface area contributed by atoms with E-state index in [4.69, 9.17) is 4.74 Å². The van der Waals surface area contributed by atoms with Gasteiger partial charge in [-0.3, -0.25) is 24.1 Å². The Hall–Kier alpha value is -2.96. The first-order valence-corrected chi connectivity index (χ1v) is 9.85. The molecule has 1 saturated heterocycles. The number of hydrogen-bond acceptors (Lipinski definition) is 5. The lowest BCUT2D eigenvalue weighted by atomic mass is 9.85. The van der Waals surface area contributed by atoms with Gasteiger partial charge in [0, 0.05) is 12.2 Å². The Balaban J connectivity index is 1.50. The van der Waals surface area contributed by atoms with E-state index in [9.17, 15) is 19.2 Å². The molecular weight excluding hydrogens is 372 g/mol. The van der Waals surface area contributed by atoms with E-state index < -0.39 is 18.0 Å². The number of ether oxygens (including phenoxy) is 1. The van der Waals surface area contributed by atoms with Crippen molar-refractivity contribution in [2.24, 2.45) is 11.8 Å². The lowest BCUT2D eigenvalue weighted by Crippen LogP contribution is -2.35. The quantitative estimate of drug-likeness (QED) is 0.452. The summed E-state index contributed by atoms with van der Waals surface area (Å²) in [5.41, 5.74) is 2.58. The highest BCUT2D eigenvalue weighted by Gasteiger charge is 2.47. The second kappa shape index (κ2) is 8.59. The second-order valence-electron chi connectivity index (χ2n) is 7.67. The fraction of sp³-hybridized carbons (Fsp3) is 0.455. The highest BCUT2D eigenvalue weighted by Crippen LogP contribution is 2.35. The predicted molar refractivity (Wildman–Crippen MR) is 107 cm³/mol. The van der Waals surface area contributed by atoms with Crippen LogP contribution in [0.3, 0.4) is 0 Å². The number of esters is 1. The third kappa shape index (κ3) is 4.55. The van der Waals surface area contributed by atoms with Crippen molar-refractivity contribution >= 4 is 29.4 Å². The highest BCUT2D eigenvalue weighted by atomic mass is 16.5. The predicted octanol–water partition coefficient (Wildman–Crippen LogP) is 2.51. The van der Waals surface area contributed by atoms with E-state index in [-0.39, 0.29) is 36.6 Å². The summed E-state index contributed by atoms with van der Waals surface area (Å²) in [5.74, 6) is -2.13. The van der Waals surface area contributed by atoms with Crippen molar-refractivity contribution in [1.82, 2.24) is 4.90 Å². The molecule has 1 aliphatic carbocycles. The van der Waals surface area contributed by atoms with Crippen molar-refractivity contribution in [3.05, 3.63) is 41.5 Å². The summed E-state index contributed by atoms with van der Waals surface area (Å²) < 4.78 is 5.19. The Kier molecular flexibility index (Phi) is 6.15. The molecule has 29 heavy (non-hydrogen) atoms. The van der Waals surface area contributed by atoms with E-state index in [1.54, 1.807) is 0 Å². The molecule has 1 aliphatic heterocycles. The van der Waals surface area contributed by atoms with Gasteiger partial charge in [0.25, 0.3) is 5.91 Å². The number of fused-ring (bicyclic) bond motifs is 1. The number of carbonyl (C=O) groups is 4. The first-order chi connectivity index (χ1) is 13.8. The minimum Gasteiger partial charge on any atom is -0.452 e. The van der Waals surface area contributed by atoms with Crippen molar-refractivity contribution in [3.63, 3.8) is 0 Å². The van der Waals surface area contributed by atoms with Crippen LogP contribution in [0.4, 0.5) is 5.69 Å². The number of benzene rings is 1. The zero-order valence-electron chi connectivity index (χ0n) is 16.9. The summed E-state index contributed by atoms with van der Waals surface area (Å²) in [4.78, 5) is 50.5. The van der Waals surface area contributed by atoms with Crippen LogP contribution in [0, 0.1) is 25.7 Å². The van der Waals surface area contributed by atoms with Gasteiger partial charge in [-0.25, -0.2) is 0 Å². The normalized spacial score (nSPS) is 21.7. The topological polar surface area (TPSA) is 92.8 Å². The maximum absolute atomic E-state index is 12.4. The first-order valence-electron chi connectivity index (χ1n) is 9.85. The van der Waals surface area contributed by atoms with Crippen molar-refractivity contribution in [2.45, 2.75) is 46.1 Å². The van der Waals surface area contributed by atoms with Crippen LogP contribution in [0.1, 0.15) is 37.3 Å². The number of carbonyl (C=O) groups excluding carboxylic acids is 4. The number of hydrogen-bond donors (Lipinski definition) is 1.